The van der Waals surface area contributed by atoms with Crippen LogP contribution in [0.25, 0.3) is 0 Å². The fraction of sp³-hybridized carbons (Fsp3) is 0.772. The topological polar surface area (TPSA) is 78.9 Å². The minimum atomic E-state index is -0.773. The van der Waals surface area contributed by atoms with E-state index in [2.05, 4.69) is 81.5 Å². The van der Waals surface area contributed by atoms with Gasteiger partial charge in [-0.3, -0.25) is 14.4 Å². The number of carbonyl (C=O) groups is 3. The Bertz CT molecular complexity index is 1150. The SMILES string of the molecule is CC/C=C\C/C=C\C/C=C\C/C=C\C/C=C\CCCCCCCCCC(=O)OCC(COC(=O)CCCCCCCCCCCCC)OC(=O)CCCCCCCCCCCCC. The van der Waals surface area contributed by atoms with Gasteiger partial charge in [0.1, 0.15) is 13.2 Å². The molecule has 0 aromatic heterocycles. The molecule has 0 aliphatic rings. The highest BCUT2D eigenvalue weighted by Crippen LogP contribution is 2.15. The van der Waals surface area contributed by atoms with E-state index in [0.717, 1.165) is 96.3 Å². The third kappa shape index (κ3) is 50.0. The van der Waals surface area contributed by atoms with Crippen LogP contribution in [0.2, 0.25) is 0 Å². The van der Waals surface area contributed by atoms with Crippen molar-refractivity contribution in [2.24, 2.45) is 0 Å². The van der Waals surface area contributed by atoms with E-state index in [1.165, 1.54) is 128 Å². The van der Waals surface area contributed by atoms with Gasteiger partial charge in [0.2, 0.25) is 0 Å². The fourth-order valence-corrected chi connectivity index (χ4v) is 7.53. The maximum absolute atomic E-state index is 12.8. The van der Waals surface area contributed by atoms with Gasteiger partial charge in [-0.05, 0) is 64.2 Å². The van der Waals surface area contributed by atoms with Gasteiger partial charge in [0.05, 0.1) is 0 Å². The largest absolute Gasteiger partial charge is 0.462 e. The van der Waals surface area contributed by atoms with Gasteiger partial charge in [0, 0.05) is 19.3 Å². The highest BCUT2D eigenvalue weighted by Gasteiger charge is 2.19. The summed E-state index contributed by atoms with van der Waals surface area (Å²) in [5, 5.41) is 0. The molecule has 0 heterocycles. The highest BCUT2D eigenvalue weighted by atomic mass is 16.6. The van der Waals surface area contributed by atoms with Gasteiger partial charge in [-0.25, -0.2) is 0 Å². The summed E-state index contributed by atoms with van der Waals surface area (Å²) in [7, 11) is 0. The third-order valence-electron chi connectivity index (χ3n) is 11.5. The van der Waals surface area contributed by atoms with Crippen molar-refractivity contribution in [3.63, 3.8) is 0 Å². The van der Waals surface area contributed by atoms with Crippen molar-refractivity contribution in [2.45, 2.75) is 271 Å². The van der Waals surface area contributed by atoms with Crippen molar-refractivity contribution in [2.75, 3.05) is 13.2 Å². The van der Waals surface area contributed by atoms with E-state index in [1.807, 2.05) is 0 Å². The van der Waals surface area contributed by atoms with Crippen molar-refractivity contribution in [1.82, 2.24) is 0 Å². The molecule has 0 fully saturated rings. The summed E-state index contributed by atoms with van der Waals surface area (Å²) in [4.78, 5) is 37.9. The smallest absolute Gasteiger partial charge is 0.306 e. The van der Waals surface area contributed by atoms with Crippen molar-refractivity contribution in [3.05, 3.63) is 60.8 Å². The molecule has 0 amide bonds. The normalized spacial score (nSPS) is 12.5. The van der Waals surface area contributed by atoms with Crippen molar-refractivity contribution in [1.29, 1.82) is 0 Å². The Hall–Kier alpha value is -2.89. The van der Waals surface area contributed by atoms with Crippen LogP contribution in [0.3, 0.4) is 0 Å². The Labute approximate surface area is 390 Å². The maximum atomic E-state index is 12.8. The van der Waals surface area contributed by atoms with Gasteiger partial charge >= 0.3 is 17.9 Å². The minimum absolute atomic E-state index is 0.0742. The monoisotopic (exact) mass is 881 g/mol. The molecule has 0 saturated heterocycles. The number of allylic oxidation sites excluding steroid dienone is 10. The van der Waals surface area contributed by atoms with E-state index in [0.29, 0.717) is 19.3 Å². The van der Waals surface area contributed by atoms with E-state index in [-0.39, 0.29) is 31.1 Å². The van der Waals surface area contributed by atoms with Crippen LogP contribution in [0.1, 0.15) is 265 Å². The van der Waals surface area contributed by atoms with Crippen LogP contribution in [0, 0.1) is 0 Å². The zero-order chi connectivity index (χ0) is 45.8. The predicted octanol–water partition coefficient (Wildman–Crippen LogP) is 17.6. The molecule has 6 nitrogen and oxygen atoms in total. The second-order valence-electron chi connectivity index (χ2n) is 17.8. The van der Waals surface area contributed by atoms with Crippen LogP contribution in [0.4, 0.5) is 0 Å². The number of hydrogen-bond donors (Lipinski definition) is 0. The summed E-state index contributed by atoms with van der Waals surface area (Å²) < 4.78 is 16.8. The molecule has 0 saturated carbocycles. The Kier molecular flexibility index (Phi) is 49.4. The van der Waals surface area contributed by atoms with Crippen LogP contribution in [-0.2, 0) is 28.6 Å². The van der Waals surface area contributed by atoms with E-state index >= 15 is 0 Å². The summed E-state index contributed by atoms with van der Waals surface area (Å²) in [5.41, 5.74) is 0. The zero-order valence-electron chi connectivity index (χ0n) is 41.6. The fourth-order valence-electron chi connectivity index (χ4n) is 7.53. The molecule has 6 heteroatoms. The lowest BCUT2D eigenvalue weighted by atomic mass is 10.1. The molecule has 0 aromatic carbocycles. The predicted molar refractivity (Wildman–Crippen MR) is 270 cm³/mol. The minimum Gasteiger partial charge on any atom is -0.462 e. The molecular formula is C57H100O6. The first-order valence-corrected chi connectivity index (χ1v) is 26.8. The van der Waals surface area contributed by atoms with E-state index in [1.54, 1.807) is 0 Å². The zero-order valence-corrected chi connectivity index (χ0v) is 41.6. The van der Waals surface area contributed by atoms with E-state index in [9.17, 15) is 14.4 Å². The molecule has 0 aromatic rings. The molecule has 1 atom stereocenters. The summed E-state index contributed by atoms with van der Waals surface area (Å²) in [6.45, 7) is 6.51. The van der Waals surface area contributed by atoms with Crippen molar-refractivity contribution >= 4 is 17.9 Å². The lowest BCUT2D eigenvalue weighted by molar-refractivity contribution is -0.167. The average molecular weight is 881 g/mol. The van der Waals surface area contributed by atoms with Gasteiger partial charge in [0.15, 0.2) is 6.10 Å². The van der Waals surface area contributed by atoms with Crippen LogP contribution in [0.5, 0.6) is 0 Å². The number of carbonyl (C=O) groups excluding carboxylic acids is 3. The average Bonchev–Trinajstić information content (AvgIpc) is 3.28. The molecular weight excluding hydrogens is 781 g/mol. The van der Waals surface area contributed by atoms with Crippen LogP contribution >= 0.6 is 0 Å². The standard InChI is InChI=1S/C57H100O6/c1-4-7-10-13-16-19-22-23-24-25-26-27-28-29-30-31-32-33-36-38-41-44-47-50-56(59)62-53-54(63-57(60)51-48-45-42-39-35-21-18-15-12-9-6-3)52-61-55(58)49-46-43-40-37-34-20-17-14-11-8-5-2/h7,10,16,19,23-24,26-27,29-30,54H,4-6,8-9,11-15,17-18,20-22,25,28,31-53H2,1-3H3/b10-7-,19-16-,24-23-,27-26-,30-29-. The molecule has 0 aliphatic carbocycles. The maximum Gasteiger partial charge on any atom is 0.306 e. The van der Waals surface area contributed by atoms with Crippen molar-refractivity contribution in [3.8, 4) is 0 Å². The number of ether oxygens (including phenoxy) is 3. The molecule has 0 N–H and O–H groups in total. The summed E-state index contributed by atoms with van der Waals surface area (Å²) in [6.07, 6.45) is 63.5. The van der Waals surface area contributed by atoms with Crippen LogP contribution in [-0.4, -0.2) is 37.2 Å². The summed E-state index contributed by atoms with van der Waals surface area (Å²) in [5.74, 6) is -0.880. The summed E-state index contributed by atoms with van der Waals surface area (Å²) in [6, 6.07) is 0. The van der Waals surface area contributed by atoms with E-state index in [4.69, 9.17) is 14.2 Å². The Morgan fingerprint density at radius 1 is 0.333 bits per heavy atom. The lowest BCUT2D eigenvalue weighted by Crippen LogP contribution is -2.30. The third-order valence-corrected chi connectivity index (χ3v) is 11.5. The molecule has 1 unspecified atom stereocenters. The van der Waals surface area contributed by atoms with Crippen LogP contribution in [0.15, 0.2) is 60.8 Å². The highest BCUT2D eigenvalue weighted by molar-refractivity contribution is 5.71. The first-order valence-electron chi connectivity index (χ1n) is 26.8. The Morgan fingerprint density at radius 3 is 0.968 bits per heavy atom. The molecule has 364 valence electrons. The quantitative estimate of drug-likeness (QED) is 0.0262. The Morgan fingerprint density at radius 2 is 0.619 bits per heavy atom. The van der Waals surface area contributed by atoms with E-state index < -0.39 is 6.10 Å². The van der Waals surface area contributed by atoms with Gasteiger partial charge in [-0.2, -0.15) is 0 Å². The number of hydrogen-bond acceptors (Lipinski definition) is 6. The van der Waals surface area contributed by atoms with Gasteiger partial charge in [-0.1, -0.05) is 242 Å². The number of unbranched alkanes of at least 4 members (excludes halogenated alkanes) is 27. The first kappa shape index (κ1) is 60.1. The molecule has 0 aliphatic heterocycles. The molecule has 63 heavy (non-hydrogen) atoms. The first-order chi connectivity index (χ1) is 31.0. The van der Waals surface area contributed by atoms with Gasteiger partial charge < -0.3 is 14.2 Å². The second-order valence-corrected chi connectivity index (χ2v) is 17.8. The molecule has 0 spiro atoms. The van der Waals surface area contributed by atoms with Gasteiger partial charge in [-0.15, -0.1) is 0 Å². The number of rotatable bonds is 48. The molecule has 0 rings (SSSR count). The second kappa shape index (κ2) is 51.7. The van der Waals surface area contributed by atoms with Crippen molar-refractivity contribution < 1.29 is 28.6 Å². The Balaban J connectivity index is 4.27. The summed E-state index contributed by atoms with van der Waals surface area (Å²) >= 11 is 0. The van der Waals surface area contributed by atoms with Crippen LogP contribution < -0.4 is 0 Å². The molecule has 0 radical (unpaired) electrons. The number of esters is 3. The van der Waals surface area contributed by atoms with Gasteiger partial charge in [0.25, 0.3) is 0 Å². The lowest BCUT2D eigenvalue weighted by Gasteiger charge is -2.18. The molecule has 0 bridgehead atoms.